The van der Waals surface area contributed by atoms with Gasteiger partial charge < -0.3 is 10.5 Å². The number of benzene rings is 1. The van der Waals surface area contributed by atoms with Crippen LogP contribution in [0.2, 0.25) is 0 Å². The number of hydrogen-bond donors (Lipinski definition) is 2. The summed E-state index contributed by atoms with van der Waals surface area (Å²) in [5.41, 5.74) is 6.61. The Balaban J connectivity index is 2.32. The fourth-order valence-electron chi connectivity index (χ4n) is 1.75. The average molecular weight is 330 g/mol. The second kappa shape index (κ2) is 6.00. The van der Waals surface area contributed by atoms with Crippen LogP contribution in [0.3, 0.4) is 0 Å². The molecule has 114 valence electrons. The van der Waals surface area contributed by atoms with Crippen molar-refractivity contribution in [1.82, 2.24) is 0 Å². The van der Waals surface area contributed by atoms with Crippen LogP contribution in [0.25, 0.3) is 0 Å². The zero-order valence-corrected chi connectivity index (χ0v) is 13.1. The fourth-order valence-corrected chi connectivity index (χ4v) is 4.27. The van der Waals surface area contributed by atoms with Crippen LogP contribution < -0.4 is 15.2 Å². The van der Waals surface area contributed by atoms with Crippen molar-refractivity contribution in [2.45, 2.75) is 17.7 Å². The first kappa shape index (κ1) is 15.7. The number of halogens is 1. The van der Waals surface area contributed by atoms with E-state index < -0.39 is 15.8 Å². The molecule has 1 aromatic heterocycles. The minimum absolute atomic E-state index is 0.0276. The number of thiophene rings is 1. The van der Waals surface area contributed by atoms with Gasteiger partial charge in [0.2, 0.25) is 0 Å². The first-order chi connectivity index (χ1) is 9.87. The summed E-state index contributed by atoms with van der Waals surface area (Å²) >= 11 is 1.12. The van der Waals surface area contributed by atoms with E-state index in [0.717, 1.165) is 27.8 Å². The van der Waals surface area contributed by atoms with Gasteiger partial charge in [-0.3, -0.25) is 4.72 Å². The lowest BCUT2D eigenvalue weighted by Crippen LogP contribution is -2.11. The molecule has 0 aliphatic rings. The molecule has 2 rings (SSSR count). The molecule has 0 radical (unpaired) electrons. The number of anilines is 1. The van der Waals surface area contributed by atoms with Crippen LogP contribution in [0, 0.1) is 12.7 Å². The number of sulfonamides is 1. The molecule has 0 aliphatic heterocycles. The predicted molar refractivity (Wildman–Crippen MR) is 80.7 cm³/mol. The highest BCUT2D eigenvalue weighted by molar-refractivity contribution is 7.94. The molecule has 1 heterocycles. The highest BCUT2D eigenvalue weighted by Gasteiger charge is 2.19. The Kier molecular flexibility index (Phi) is 4.50. The predicted octanol–water partition coefficient (Wildman–Crippen LogP) is 2.46. The Morgan fingerprint density at radius 3 is 2.67 bits per heavy atom. The van der Waals surface area contributed by atoms with Crippen molar-refractivity contribution in [3.8, 4) is 5.75 Å². The van der Waals surface area contributed by atoms with E-state index >= 15 is 0 Å². The molecule has 5 nitrogen and oxygen atoms in total. The molecule has 0 atom stereocenters. The summed E-state index contributed by atoms with van der Waals surface area (Å²) in [6, 6.07) is 5.33. The second-order valence-corrected chi connectivity index (χ2v) is 7.38. The quantitative estimate of drug-likeness (QED) is 0.882. The SMILES string of the molecule is COc1cc(NS(=O)(=O)c2cc(C)c(CN)s2)ccc1F. The lowest BCUT2D eigenvalue weighted by Gasteiger charge is -2.08. The van der Waals surface area contributed by atoms with E-state index in [2.05, 4.69) is 4.72 Å². The number of nitrogens with one attached hydrogen (secondary N) is 1. The third-order valence-corrected chi connectivity index (χ3v) is 5.97. The molecule has 21 heavy (non-hydrogen) atoms. The molecule has 3 N–H and O–H groups in total. The largest absolute Gasteiger partial charge is 0.494 e. The Morgan fingerprint density at radius 1 is 1.38 bits per heavy atom. The summed E-state index contributed by atoms with van der Waals surface area (Å²) in [5, 5.41) is 0. The minimum atomic E-state index is -3.73. The van der Waals surface area contributed by atoms with Gasteiger partial charge in [0.25, 0.3) is 10.0 Å². The summed E-state index contributed by atoms with van der Waals surface area (Å²) in [7, 11) is -2.42. The minimum Gasteiger partial charge on any atom is -0.494 e. The zero-order valence-electron chi connectivity index (χ0n) is 11.5. The number of ether oxygens (including phenoxy) is 1. The Morgan fingerprint density at radius 2 is 2.10 bits per heavy atom. The molecule has 0 saturated carbocycles. The van der Waals surface area contributed by atoms with E-state index in [1.54, 1.807) is 13.0 Å². The first-order valence-electron chi connectivity index (χ1n) is 6.03. The van der Waals surface area contributed by atoms with Gasteiger partial charge in [0.1, 0.15) is 4.21 Å². The van der Waals surface area contributed by atoms with Gasteiger partial charge in [-0.25, -0.2) is 12.8 Å². The number of nitrogens with two attached hydrogens (primary N) is 1. The Hall–Kier alpha value is -1.64. The van der Waals surface area contributed by atoms with E-state index in [9.17, 15) is 12.8 Å². The maximum absolute atomic E-state index is 13.3. The van der Waals surface area contributed by atoms with Crippen LogP contribution in [0.5, 0.6) is 5.75 Å². The van der Waals surface area contributed by atoms with Crippen LogP contribution in [0.15, 0.2) is 28.5 Å². The molecule has 8 heteroatoms. The zero-order chi connectivity index (χ0) is 15.6. The lowest BCUT2D eigenvalue weighted by atomic mass is 10.3. The topological polar surface area (TPSA) is 81.4 Å². The summed E-state index contributed by atoms with van der Waals surface area (Å²) in [6.07, 6.45) is 0. The number of methoxy groups -OCH3 is 1. The number of hydrogen-bond acceptors (Lipinski definition) is 5. The molecule has 2 aromatic rings. The molecular weight excluding hydrogens is 315 g/mol. The van der Waals surface area contributed by atoms with E-state index in [1.165, 1.54) is 19.2 Å². The summed E-state index contributed by atoms with van der Waals surface area (Å²) in [4.78, 5) is 0.812. The first-order valence-corrected chi connectivity index (χ1v) is 8.33. The van der Waals surface area contributed by atoms with E-state index in [4.69, 9.17) is 10.5 Å². The maximum atomic E-state index is 13.3. The Bertz CT molecular complexity index is 757. The van der Waals surface area contributed by atoms with Gasteiger partial charge in [-0.15, -0.1) is 11.3 Å². The lowest BCUT2D eigenvalue weighted by molar-refractivity contribution is 0.387. The van der Waals surface area contributed by atoms with Gasteiger partial charge in [-0.2, -0.15) is 0 Å². The third kappa shape index (κ3) is 3.34. The van der Waals surface area contributed by atoms with E-state index in [1.807, 2.05) is 0 Å². The molecule has 0 amide bonds. The fraction of sp³-hybridized carbons (Fsp3) is 0.231. The monoisotopic (exact) mass is 330 g/mol. The summed E-state index contributed by atoms with van der Waals surface area (Å²) < 4.78 is 45.3. The molecule has 0 fully saturated rings. The molecule has 1 aromatic carbocycles. The van der Waals surface area contributed by atoms with Crippen molar-refractivity contribution in [3.05, 3.63) is 40.5 Å². The smallest absolute Gasteiger partial charge is 0.271 e. The summed E-state index contributed by atoms with van der Waals surface area (Å²) in [6.45, 7) is 2.09. The van der Waals surface area contributed by atoms with Gasteiger partial charge >= 0.3 is 0 Å². The molecule has 0 spiro atoms. The normalized spacial score (nSPS) is 11.4. The van der Waals surface area contributed by atoms with E-state index in [0.29, 0.717) is 0 Å². The average Bonchev–Trinajstić information content (AvgIpc) is 2.82. The molecule has 0 aliphatic carbocycles. The highest BCUT2D eigenvalue weighted by atomic mass is 32.2. The van der Waals surface area contributed by atoms with Crippen LogP contribution in [-0.4, -0.2) is 15.5 Å². The summed E-state index contributed by atoms with van der Waals surface area (Å²) in [5.74, 6) is -0.585. The maximum Gasteiger partial charge on any atom is 0.271 e. The van der Waals surface area contributed by atoms with Gasteiger partial charge in [0.15, 0.2) is 11.6 Å². The molecular formula is C13H15FN2O3S2. The van der Waals surface area contributed by atoms with Crippen molar-refractivity contribution in [1.29, 1.82) is 0 Å². The van der Waals surface area contributed by atoms with Gasteiger partial charge in [0, 0.05) is 17.5 Å². The van der Waals surface area contributed by atoms with Gasteiger partial charge in [0.05, 0.1) is 12.8 Å². The van der Waals surface area contributed by atoms with Crippen LogP contribution in [0.1, 0.15) is 10.4 Å². The van der Waals surface area contributed by atoms with Crippen LogP contribution >= 0.6 is 11.3 Å². The molecule has 0 unspecified atom stereocenters. The van der Waals surface area contributed by atoms with Crippen molar-refractivity contribution in [2.75, 3.05) is 11.8 Å². The van der Waals surface area contributed by atoms with Crippen molar-refractivity contribution in [2.24, 2.45) is 5.73 Å². The van der Waals surface area contributed by atoms with Crippen LogP contribution in [0.4, 0.5) is 10.1 Å². The standard InChI is InChI=1S/C13H15FN2O3S2/c1-8-5-13(20-12(8)7-15)21(17,18)16-9-3-4-10(14)11(6-9)19-2/h3-6,16H,7,15H2,1-2H3. The number of aryl methyl sites for hydroxylation is 1. The molecule has 0 saturated heterocycles. The second-order valence-electron chi connectivity index (χ2n) is 4.33. The van der Waals surface area contributed by atoms with Crippen LogP contribution in [-0.2, 0) is 16.6 Å². The highest BCUT2D eigenvalue weighted by Crippen LogP contribution is 2.28. The van der Waals surface area contributed by atoms with Crippen molar-refractivity contribution >= 4 is 27.0 Å². The van der Waals surface area contributed by atoms with E-state index in [-0.39, 0.29) is 22.2 Å². The molecule has 0 bridgehead atoms. The number of rotatable bonds is 5. The van der Waals surface area contributed by atoms with Gasteiger partial charge in [-0.05, 0) is 30.7 Å². The van der Waals surface area contributed by atoms with Crippen molar-refractivity contribution < 1.29 is 17.5 Å². The Labute approximate surface area is 126 Å². The van der Waals surface area contributed by atoms with Gasteiger partial charge in [-0.1, -0.05) is 0 Å². The third-order valence-electron chi connectivity index (χ3n) is 2.85. The van der Waals surface area contributed by atoms with Crippen molar-refractivity contribution in [3.63, 3.8) is 0 Å².